The van der Waals surface area contributed by atoms with Gasteiger partial charge in [0.1, 0.15) is 17.5 Å². The first-order valence-corrected chi connectivity index (χ1v) is 6.18. The Labute approximate surface area is 113 Å². The molecule has 0 saturated heterocycles. The smallest absolute Gasteiger partial charge is 0.135 e. The lowest BCUT2D eigenvalue weighted by molar-refractivity contribution is 0.580. The SMILES string of the molecule is Fc1cc(Br)cc(F)c1-c1c(F)cccc1Br. The van der Waals surface area contributed by atoms with Gasteiger partial charge >= 0.3 is 0 Å². The third-order valence-corrected chi connectivity index (χ3v) is 3.34. The van der Waals surface area contributed by atoms with E-state index in [1.807, 2.05) is 0 Å². The first-order valence-electron chi connectivity index (χ1n) is 4.59. The molecule has 0 fully saturated rings. The van der Waals surface area contributed by atoms with E-state index in [-0.39, 0.29) is 15.6 Å². The van der Waals surface area contributed by atoms with Crippen LogP contribution in [0.1, 0.15) is 0 Å². The van der Waals surface area contributed by atoms with Gasteiger partial charge in [-0.25, -0.2) is 13.2 Å². The van der Waals surface area contributed by atoms with Crippen molar-refractivity contribution in [3.05, 3.63) is 56.7 Å². The molecule has 0 radical (unpaired) electrons. The molecule has 2 aromatic rings. The van der Waals surface area contributed by atoms with Gasteiger partial charge < -0.3 is 0 Å². The van der Waals surface area contributed by atoms with Crippen LogP contribution in [0.5, 0.6) is 0 Å². The van der Waals surface area contributed by atoms with Gasteiger partial charge in [-0.15, -0.1) is 0 Å². The van der Waals surface area contributed by atoms with Crippen molar-refractivity contribution in [1.29, 1.82) is 0 Å². The molecule has 2 rings (SSSR count). The molecule has 5 heteroatoms. The first kappa shape index (κ1) is 12.6. The molecule has 0 spiro atoms. The molecule has 0 heterocycles. The highest BCUT2D eigenvalue weighted by atomic mass is 79.9. The standard InChI is InChI=1S/C12H5Br2F3/c13-6-4-9(16)12(10(17)5-6)11-7(14)2-1-3-8(11)15/h1-5H. The Morgan fingerprint density at radius 3 is 1.88 bits per heavy atom. The molecule has 0 bridgehead atoms. The molecule has 0 saturated carbocycles. The summed E-state index contributed by atoms with van der Waals surface area (Å²) in [4.78, 5) is 0. The maximum atomic E-state index is 13.7. The summed E-state index contributed by atoms with van der Waals surface area (Å²) < 4.78 is 41.6. The van der Waals surface area contributed by atoms with E-state index in [1.54, 1.807) is 0 Å². The van der Waals surface area contributed by atoms with Crippen molar-refractivity contribution in [2.24, 2.45) is 0 Å². The van der Waals surface area contributed by atoms with Crippen molar-refractivity contribution in [1.82, 2.24) is 0 Å². The predicted molar refractivity (Wildman–Crippen MR) is 67.2 cm³/mol. The topological polar surface area (TPSA) is 0 Å². The Balaban J connectivity index is 2.77. The zero-order chi connectivity index (χ0) is 12.6. The normalized spacial score (nSPS) is 10.6. The highest BCUT2D eigenvalue weighted by Crippen LogP contribution is 2.35. The van der Waals surface area contributed by atoms with Crippen LogP contribution >= 0.6 is 31.9 Å². The van der Waals surface area contributed by atoms with Gasteiger partial charge in [-0.1, -0.05) is 37.9 Å². The molecule has 0 nitrogen and oxygen atoms in total. The van der Waals surface area contributed by atoms with E-state index in [4.69, 9.17) is 0 Å². The minimum absolute atomic E-state index is 0.116. The third-order valence-electron chi connectivity index (χ3n) is 2.22. The van der Waals surface area contributed by atoms with Crippen LogP contribution in [0.3, 0.4) is 0 Å². The Hall–Kier alpha value is -0.810. The van der Waals surface area contributed by atoms with Crippen LogP contribution in [0.2, 0.25) is 0 Å². The second kappa shape index (κ2) is 4.82. The highest BCUT2D eigenvalue weighted by molar-refractivity contribution is 9.10. The molecule has 0 N–H and O–H groups in total. The molecule has 0 aliphatic rings. The summed E-state index contributed by atoms with van der Waals surface area (Å²) in [6, 6.07) is 6.33. The lowest BCUT2D eigenvalue weighted by Gasteiger charge is -2.09. The summed E-state index contributed by atoms with van der Waals surface area (Å²) in [5.41, 5.74) is -0.492. The van der Waals surface area contributed by atoms with Crippen molar-refractivity contribution in [3.8, 4) is 11.1 Å². The molecule has 88 valence electrons. The number of hydrogen-bond acceptors (Lipinski definition) is 0. The first-order chi connectivity index (χ1) is 8.00. The largest absolute Gasteiger partial charge is 0.206 e. The van der Waals surface area contributed by atoms with E-state index in [2.05, 4.69) is 31.9 Å². The van der Waals surface area contributed by atoms with Crippen LogP contribution in [0, 0.1) is 17.5 Å². The highest BCUT2D eigenvalue weighted by Gasteiger charge is 2.18. The van der Waals surface area contributed by atoms with E-state index < -0.39 is 17.5 Å². The van der Waals surface area contributed by atoms with Crippen molar-refractivity contribution >= 4 is 31.9 Å². The van der Waals surface area contributed by atoms with Crippen molar-refractivity contribution < 1.29 is 13.2 Å². The van der Waals surface area contributed by atoms with Gasteiger partial charge in [-0.3, -0.25) is 0 Å². The average Bonchev–Trinajstić information content (AvgIpc) is 2.21. The Morgan fingerprint density at radius 1 is 0.765 bits per heavy atom. The maximum absolute atomic E-state index is 13.7. The fourth-order valence-electron chi connectivity index (χ4n) is 1.52. The van der Waals surface area contributed by atoms with E-state index in [1.165, 1.54) is 12.1 Å². The van der Waals surface area contributed by atoms with Crippen molar-refractivity contribution in [3.63, 3.8) is 0 Å². The van der Waals surface area contributed by atoms with Gasteiger partial charge in [0.2, 0.25) is 0 Å². The van der Waals surface area contributed by atoms with Crippen molar-refractivity contribution in [2.75, 3.05) is 0 Å². The van der Waals surface area contributed by atoms with E-state index in [0.717, 1.165) is 18.2 Å². The summed E-state index contributed by atoms with van der Waals surface area (Å²) in [6.07, 6.45) is 0. The fourth-order valence-corrected chi connectivity index (χ4v) is 2.46. The molecule has 17 heavy (non-hydrogen) atoms. The van der Waals surface area contributed by atoms with Gasteiger partial charge in [0.25, 0.3) is 0 Å². The lowest BCUT2D eigenvalue weighted by Crippen LogP contribution is -1.94. The van der Waals surface area contributed by atoms with E-state index in [9.17, 15) is 13.2 Å². The minimum atomic E-state index is -0.817. The summed E-state index contributed by atoms with van der Waals surface area (Å²) in [5, 5.41) is 0. The maximum Gasteiger partial charge on any atom is 0.135 e. The summed E-state index contributed by atoms with van der Waals surface area (Å²) in [6.45, 7) is 0. The van der Waals surface area contributed by atoms with Gasteiger partial charge in [0, 0.05) is 14.5 Å². The minimum Gasteiger partial charge on any atom is -0.206 e. The zero-order valence-corrected chi connectivity index (χ0v) is 11.4. The second-order valence-corrected chi connectivity index (χ2v) is 5.11. The molecule has 2 aromatic carbocycles. The summed E-state index contributed by atoms with van der Waals surface area (Å²) in [5.74, 6) is -2.31. The number of halogens is 5. The second-order valence-electron chi connectivity index (χ2n) is 3.34. The third kappa shape index (κ3) is 2.40. The molecule has 0 aliphatic heterocycles. The molecular formula is C12H5Br2F3. The molecular weight excluding hydrogens is 361 g/mol. The van der Waals surface area contributed by atoms with Crippen LogP contribution in [-0.4, -0.2) is 0 Å². The number of benzene rings is 2. The summed E-state index contributed by atoms with van der Waals surface area (Å²) >= 11 is 6.06. The van der Waals surface area contributed by atoms with Gasteiger partial charge in [-0.2, -0.15) is 0 Å². The van der Waals surface area contributed by atoms with Gasteiger partial charge in [-0.05, 0) is 24.3 Å². The lowest BCUT2D eigenvalue weighted by atomic mass is 10.0. The monoisotopic (exact) mass is 364 g/mol. The number of rotatable bonds is 1. The van der Waals surface area contributed by atoms with Crippen LogP contribution < -0.4 is 0 Å². The molecule has 0 amide bonds. The van der Waals surface area contributed by atoms with Gasteiger partial charge in [0.05, 0.1) is 5.56 Å². The fraction of sp³-hybridized carbons (Fsp3) is 0. The molecule has 0 aliphatic carbocycles. The average molecular weight is 366 g/mol. The van der Waals surface area contributed by atoms with Crippen LogP contribution in [-0.2, 0) is 0 Å². The molecule has 0 atom stereocenters. The quantitative estimate of drug-likeness (QED) is 0.643. The van der Waals surface area contributed by atoms with Crippen LogP contribution in [0.15, 0.2) is 39.3 Å². The predicted octanol–water partition coefficient (Wildman–Crippen LogP) is 5.30. The van der Waals surface area contributed by atoms with E-state index >= 15 is 0 Å². The Morgan fingerprint density at radius 2 is 1.35 bits per heavy atom. The van der Waals surface area contributed by atoms with Crippen LogP contribution in [0.4, 0.5) is 13.2 Å². The van der Waals surface area contributed by atoms with Crippen LogP contribution in [0.25, 0.3) is 11.1 Å². The van der Waals surface area contributed by atoms with E-state index in [0.29, 0.717) is 4.47 Å². The zero-order valence-electron chi connectivity index (χ0n) is 8.28. The number of hydrogen-bond donors (Lipinski definition) is 0. The van der Waals surface area contributed by atoms with Gasteiger partial charge in [0.15, 0.2) is 0 Å². The Kier molecular flexibility index (Phi) is 3.58. The van der Waals surface area contributed by atoms with Crippen molar-refractivity contribution in [2.45, 2.75) is 0 Å². The summed E-state index contributed by atoms with van der Waals surface area (Å²) in [7, 11) is 0. The Bertz CT molecular complexity index is 539. The molecule has 0 aromatic heterocycles. The molecule has 0 unspecified atom stereocenters.